The van der Waals surface area contributed by atoms with Gasteiger partial charge in [0.25, 0.3) is 0 Å². The van der Waals surface area contributed by atoms with E-state index in [1.54, 1.807) is 0 Å². The van der Waals surface area contributed by atoms with Crippen molar-refractivity contribution < 1.29 is 4.79 Å². The SMILES string of the molecule is C=CC(=O)Nc1cc(C)nn1C1CC2CCC1C2. The van der Waals surface area contributed by atoms with E-state index in [1.807, 2.05) is 17.7 Å². The summed E-state index contributed by atoms with van der Waals surface area (Å²) in [5, 5.41) is 7.43. The standard InChI is InChI=1S/C14H19N3O/c1-3-14(18)15-13-6-9(2)16-17(13)12-8-10-4-5-11(12)7-10/h3,6,10-12H,1,4-5,7-8H2,2H3,(H,15,18). The molecule has 0 aromatic carbocycles. The summed E-state index contributed by atoms with van der Waals surface area (Å²) in [6.07, 6.45) is 6.52. The zero-order valence-electron chi connectivity index (χ0n) is 10.7. The quantitative estimate of drug-likeness (QED) is 0.832. The Hall–Kier alpha value is -1.58. The number of nitrogens with one attached hydrogen (secondary N) is 1. The lowest BCUT2D eigenvalue weighted by Crippen LogP contribution is -2.21. The Labute approximate surface area is 107 Å². The number of aromatic nitrogens is 2. The highest BCUT2D eigenvalue weighted by atomic mass is 16.1. The van der Waals surface area contributed by atoms with Crippen molar-refractivity contribution in [2.24, 2.45) is 11.8 Å². The molecule has 3 unspecified atom stereocenters. The van der Waals surface area contributed by atoms with Gasteiger partial charge in [0.15, 0.2) is 0 Å². The fourth-order valence-electron chi connectivity index (χ4n) is 3.55. The van der Waals surface area contributed by atoms with Crippen LogP contribution in [0.15, 0.2) is 18.7 Å². The van der Waals surface area contributed by atoms with E-state index in [2.05, 4.69) is 17.0 Å². The van der Waals surface area contributed by atoms with Crippen LogP contribution < -0.4 is 5.32 Å². The number of anilines is 1. The zero-order valence-corrected chi connectivity index (χ0v) is 10.7. The molecule has 96 valence electrons. The van der Waals surface area contributed by atoms with Gasteiger partial charge in [0.05, 0.1) is 11.7 Å². The second-order valence-electron chi connectivity index (χ2n) is 5.55. The van der Waals surface area contributed by atoms with Gasteiger partial charge in [-0.05, 0) is 44.1 Å². The third-order valence-corrected chi connectivity index (χ3v) is 4.31. The molecule has 3 atom stereocenters. The Kier molecular flexibility index (Phi) is 2.73. The summed E-state index contributed by atoms with van der Waals surface area (Å²) in [5.41, 5.74) is 0.956. The van der Waals surface area contributed by atoms with E-state index in [1.165, 1.54) is 31.8 Å². The van der Waals surface area contributed by atoms with E-state index < -0.39 is 0 Å². The van der Waals surface area contributed by atoms with E-state index in [-0.39, 0.29) is 5.91 Å². The highest BCUT2D eigenvalue weighted by Gasteiger charge is 2.41. The Morgan fingerprint density at radius 2 is 2.39 bits per heavy atom. The molecule has 2 saturated carbocycles. The van der Waals surface area contributed by atoms with E-state index in [0.717, 1.165) is 23.3 Å². The maximum absolute atomic E-state index is 11.4. The summed E-state index contributed by atoms with van der Waals surface area (Å²) >= 11 is 0. The number of hydrogen-bond acceptors (Lipinski definition) is 2. The average Bonchev–Trinajstić information content (AvgIpc) is 3.03. The number of nitrogens with zero attached hydrogens (tertiary/aromatic N) is 2. The van der Waals surface area contributed by atoms with Crippen molar-refractivity contribution in [1.82, 2.24) is 9.78 Å². The molecule has 2 fully saturated rings. The normalized spacial score (nSPS) is 29.5. The maximum atomic E-state index is 11.4. The first-order valence-corrected chi connectivity index (χ1v) is 6.67. The molecule has 0 radical (unpaired) electrons. The fraction of sp³-hybridized carbons (Fsp3) is 0.571. The minimum absolute atomic E-state index is 0.167. The molecule has 2 aliphatic carbocycles. The van der Waals surface area contributed by atoms with Crippen molar-refractivity contribution in [3.63, 3.8) is 0 Å². The van der Waals surface area contributed by atoms with Crippen molar-refractivity contribution in [3.8, 4) is 0 Å². The third-order valence-electron chi connectivity index (χ3n) is 4.31. The molecule has 1 N–H and O–H groups in total. The van der Waals surface area contributed by atoms with Crippen molar-refractivity contribution in [1.29, 1.82) is 0 Å². The summed E-state index contributed by atoms with van der Waals surface area (Å²) in [6.45, 7) is 5.45. The number of fused-ring (bicyclic) bond motifs is 2. The first-order valence-electron chi connectivity index (χ1n) is 6.67. The van der Waals surface area contributed by atoms with Crippen LogP contribution in [0.2, 0.25) is 0 Å². The number of rotatable bonds is 3. The second kappa shape index (κ2) is 4.26. The monoisotopic (exact) mass is 245 g/mol. The van der Waals surface area contributed by atoms with Crippen LogP contribution in [-0.4, -0.2) is 15.7 Å². The number of carbonyl (C=O) groups is 1. The minimum atomic E-state index is -0.167. The lowest BCUT2D eigenvalue weighted by Gasteiger charge is -2.23. The summed E-state index contributed by atoms with van der Waals surface area (Å²) in [6, 6.07) is 2.41. The molecule has 18 heavy (non-hydrogen) atoms. The molecule has 2 bridgehead atoms. The number of amides is 1. The lowest BCUT2D eigenvalue weighted by molar-refractivity contribution is -0.111. The summed E-state index contributed by atoms with van der Waals surface area (Å²) in [4.78, 5) is 11.4. The minimum Gasteiger partial charge on any atom is -0.307 e. The van der Waals surface area contributed by atoms with Gasteiger partial charge in [-0.25, -0.2) is 4.68 Å². The molecular formula is C14H19N3O. The highest BCUT2D eigenvalue weighted by Crippen LogP contribution is 2.51. The van der Waals surface area contributed by atoms with Crippen LogP contribution in [-0.2, 0) is 4.79 Å². The van der Waals surface area contributed by atoms with Crippen LogP contribution in [0.3, 0.4) is 0 Å². The van der Waals surface area contributed by atoms with Gasteiger partial charge in [-0.15, -0.1) is 0 Å². The van der Waals surface area contributed by atoms with E-state index in [0.29, 0.717) is 6.04 Å². The summed E-state index contributed by atoms with van der Waals surface area (Å²) in [7, 11) is 0. The Morgan fingerprint density at radius 3 is 3.00 bits per heavy atom. The van der Waals surface area contributed by atoms with Gasteiger partial charge < -0.3 is 5.32 Å². The fourth-order valence-corrected chi connectivity index (χ4v) is 3.55. The van der Waals surface area contributed by atoms with Crippen LogP contribution in [0.4, 0.5) is 5.82 Å². The maximum Gasteiger partial charge on any atom is 0.248 e. The average molecular weight is 245 g/mol. The zero-order chi connectivity index (χ0) is 12.7. The Morgan fingerprint density at radius 1 is 1.56 bits per heavy atom. The van der Waals surface area contributed by atoms with Gasteiger partial charge >= 0.3 is 0 Å². The lowest BCUT2D eigenvalue weighted by atomic mass is 9.95. The Balaban J connectivity index is 1.87. The highest BCUT2D eigenvalue weighted by molar-refractivity contribution is 5.98. The second-order valence-corrected chi connectivity index (χ2v) is 5.55. The molecule has 0 aliphatic heterocycles. The molecule has 1 heterocycles. The Bertz CT molecular complexity index is 491. The number of hydrogen-bond donors (Lipinski definition) is 1. The smallest absolute Gasteiger partial charge is 0.248 e. The molecule has 1 aromatic heterocycles. The van der Waals surface area contributed by atoms with Crippen LogP contribution in [0.25, 0.3) is 0 Å². The first-order chi connectivity index (χ1) is 8.67. The van der Waals surface area contributed by atoms with E-state index in [9.17, 15) is 4.79 Å². The number of aryl methyl sites for hydroxylation is 1. The molecule has 3 rings (SSSR count). The van der Waals surface area contributed by atoms with Crippen LogP contribution in [0.5, 0.6) is 0 Å². The first kappa shape index (κ1) is 11.5. The molecule has 1 amide bonds. The van der Waals surface area contributed by atoms with Crippen LogP contribution in [0.1, 0.15) is 37.4 Å². The van der Waals surface area contributed by atoms with Gasteiger partial charge in [0, 0.05) is 6.07 Å². The van der Waals surface area contributed by atoms with Crippen molar-refractivity contribution in [3.05, 3.63) is 24.4 Å². The van der Waals surface area contributed by atoms with E-state index >= 15 is 0 Å². The molecule has 0 saturated heterocycles. The third kappa shape index (κ3) is 1.85. The molecule has 4 heteroatoms. The van der Waals surface area contributed by atoms with Crippen LogP contribution in [0, 0.1) is 18.8 Å². The van der Waals surface area contributed by atoms with Crippen molar-refractivity contribution in [2.45, 2.75) is 38.6 Å². The van der Waals surface area contributed by atoms with Gasteiger partial charge in [-0.2, -0.15) is 5.10 Å². The topological polar surface area (TPSA) is 46.9 Å². The number of carbonyl (C=O) groups excluding carboxylic acids is 1. The molecule has 1 aromatic rings. The summed E-state index contributed by atoms with van der Waals surface area (Å²) in [5.74, 6) is 2.26. The van der Waals surface area contributed by atoms with Gasteiger partial charge in [0.1, 0.15) is 5.82 Å². The van der Waals surface area contributed by atoms with Gasteiger partial charge in [0.2, 0.25) is 5.91 Å². The van der Waals surface area contributed by atoms with E-state index in [4.69, 9.17) is 0 Å². The summed E-state index contributed by atoms with van der Waals surface area (Å²) < 4.78 is 2.03. The largest absolute Gasteiger partial charge is 0.307 e. The van der Waals surface area contributed by atoms with Crippen molar-refractivity contribution in [2.75, 3.05) is 5.32 Å². The van der Waals surface area contributed by atoms with Crippen molar-refractivity contribution >= 4 is 11.7 Å². The van der Waals surface area contributed by atoms with Gasteiger partial charge in [-0.1, -0.05) is 13.0 Å². The molecule has 4 nitrogen and oxygen atoms in total. The predicted molar refractivity (Wildman–Crippen MR) is 70.3 cm³/mol. The molecule has 0 spiro atoms. The molecular weight excluding hydrogens is 226 g/mol. The predicted octanol–water partition coefficient (Wildman–Crippen LogP) is 2.68. The molecule has 2 aliphatic rings. The van der Waals surface area contributed by atoms with Crippen LogP contribution >= 0.6 is 0 Å². The van der Waals surface area contributed by atoms with Gasteiger partial charge in [-0.3, -0.25) is 4.79 Å².